The quantitative estimate of drug-likeness (QED) is 0.665. The van der Waals surface area contributed by atoms with Crippen LogP contribution in [-0.2, 0) is 4.79 Å². The van der Waals surface area contributed by atoms with Crippen LogP contribution in [0, 0.1) is 11.8 Å². The van der Waals surface area contributed by atoms with Gasteiger partial charge < -0.3 is 0 Å². The largest absolute Gasteiger partial charge is 0.297 e. The van der Waals surface area contributed by atoms with Crippen LogP contribution in [0.1, 0.15) is 39.5 Å². The summed E-state index contributed by atoms with van der Waals surface area (Å²) in [4.78, 5) is 14.3. The first kappa shape index (κ1) is 11.8. The molecule has 3 unspecified atom stereocenters. The van der Waals surface area contributed by atoms with Crippen LogP contribution in [0.2, 0.25) is 0 Å². The first-order valence-corrected chi connectivity index (χ1v) is 6.64. The molecule has 1 saturated heterocycles. The predicted molar refractivity (Wildman–Crippen MR) is 66.3 cm³/mol. The Balaban J connectivity index is 1.97. The minimum Gasteiger partial charge on any atom is -0.297 e. The van der Waals surface area contributed by atoms with Crippen molar-refractivity contribution in [2.45, 2.75) is 51.6 Å². The van der Waals surface area contributed by atoms with E-state index in [2.05, 4.69) is 25.3 Å². The highest BCUT2D eigenvalue weighted by Gasteiger charge is 2.51. The molecular weight excluding hydrogens is 198 g/mol. The zero-order valence-corrected chi connectivity index (χ0v) is 10.5. The molecule has 3 atom stereocenters. The molecule has 0 bridgehead atoms. The van der Waals surface area contributed by atoms with Crippen molar-refractivity contribution in [3.8, 4) is 0 Å². The number of hydrogen-bond acceptors (Lipinski definition) is 2. The summed E-state index contributed by atoms with van der Waals surface area (Å²) in [6, 6.07) is 1.42. The van der Waals surface area contributed by atoms with Crippen LogP contribution >= 0.6 is 0 Å². The van der Waals surface area contributed by atoms with E-state index in [1.165, 1.54) is 31.9 Å². The second-order valence-corrected chi connectivity index (χ2v) is 5.18. The van der Waals surface area contributed by atoms with Crippen LogP contribution in [0.15, 0.2) is 12.7 Å². The number of carbonyl (C=O) groups excluding carboxylic acids is 1. The van der Waals surface area contributed by atoms with E-state index in [1.54, 1.807) is 0 Å². The first-order chi connectivity index (χ1) is 7.72. The van der Waals surface area contributed by atoms with Gasteiger partial charge in [0.2, 0.25) is 0 Å². The topological polar surface area (TPSA) is 20.3 Å². The van der Waals surface area contributed by atoms with Crippen molar-refractivity contribution >= 4 is 5.78 Å². The van der Waals surface area contributed by atoms with Gasteiger partial charge in [-0.15, -0.1) is 0 Å². The lowest BCUT2D eigenvalue weighted by Gasteiger charge is -2.44. The van der Waals surface area contributed by atoms with Gasteiger partial charge >= 0.3 is 0 Å². The third kappa shape index (κ3) is 1.73. The Labute approximate surface area is 98.7 Å². The zero-order chi connectivity index (χ0) is 11.7. The van der Waals surface area contributed by atoms with Crippen molar-refractivity contribution in [1.29, 1.82) is 0 Å². The van der Waals surface area contributed by atoms with E-state index in [4.69, 9.17) is 0 Å². The normalized spacial score (nSPS) is 33.6. The fourth-order valence-corrected chi connectivity index (χ4v) is 3.61. The number of hydrogen-bond donors (Lipinski definition) is 0. The Morgan fingerprint density at radius 3 is 2.75 bits per heavy atom. The van der Waals surface area contributed by atoms with Crippen LogP contribution in [-0.4, -0.2) is 29.3 Å². The van der Waals surface area contributed by atoms with Crippen molar-refractivity contribution in [3.63, 3.8) is 0 Å². The number of likely N-dealkylation sites (tertiary alicyclic amines) is 1. The third-order valence-corrected chi connectivity index (χ3v) is 4.63. The van der Waals surface area contributed by atoms with Crippen LogP contribution in [0.4, 0.5) is 0 Å². The SMILES string of the molecule is C=CC(=O)C1CC2C1CCN2C(CC)CC. The molecule has 0 N–H and O–H groups in total. The van der Waals surface area contributed by atoms with Crippen molar-refractivity contribution < 1.29 is 4.79 Å². The average molecular weight is 221 g/mol. The minimum absolute atomic E-state index is 0.271. The van der Waals surface area contributed by atoms with E-state index >= 15 is 0 Å². The van der Waals surface area contributed by atoms with E-state index in [0.29, 0.717) is 17.9 Å². The Bertz CT molecular complexity index is 282. The summed E-state index contributed by atoms with van der Waals surface area (Å²) in [6.07, 6.45) is 6.28. The molecule has 1 saturated carbocycles. The molecule has 1 aliphatic heterocycles. The van der Waals surface area contributed by atoms with Crippen LogP contribution < -0.4 is 0 Å². The van der Waals surface area contributed by atoms with Crippen molar-refractivity contribution in [3.05, 3.63) is 12.7 Å². The lowest BCUT2D eigenvalue weighted by Crippen LogP contribution is -2.51. The van der Waals surface area contributed by atoms with E-state index in [0.717, 1.165) is 12.5 Å². The van der Waals surface area contributed by atoms with Gasteiger partial charge in [0.05, 0.1) is 0 Å². The van der Waals surface area contributed by atoms with E-state index < -0.39 is 0 Å². The van der Waals surface area contributed by atoms with Gasteiger partial charge in [0, 0.05) is 18.0 Å². The molecule has 0 spiro atoms. The molecule has 0 aromatic carbocycles. The molecule has 0 amide bonds. The zero-order valence-electron chi connectivity index (χ0n) is 10.5. The number of ketones is 1. The monoisotopic (exact) mass is 221 g/mol. The lowest BCUT2D eigenvalue weighted by atomic mass is 9.67. The molecule has 2 heteroatoms. The van der Waals surface area contributed by atoms with Gasteiger partial charge in [0.25, 0.3) is 0 Å². The molecular formula is C14H23NO. The van der Waals surface area contributed by atoms with E-state index in [1.807, 2.05) is 0 Å². The standard InChI is InChI=1S/C14H23NO/c1-4-10(5-2)15-8-7-11-12(9-13(11)15)14(16)6-3/h6,10-13H,3-5,7-9H2,1-2H3. The summed E-state index contributed by atoms with van der Waals surface area (Å²) in [5, 5.41) is 0. The fraction of sp³-hybridized carbons (Fsp3) is 0.786. The minimum atomic E-state index is 0.271. The first-order valence-electron chi connectivity index (χ1n) is 6.64. The van der Waals surface area contributed by atoms with Gasteiger partial charge in [-0.1, -0.05) is 20.4 Å². The summed E-state index contributed by atoms with van der Waals surface area (Å²) >= 11 is 0. The number of nitrogens with zero attached hydrogens (tertiary/aromatic N) is 1. The van der Waals surface area contributed by atoms with Gasteiger partial charge in [-0.25, -0.2) is 0 Å². The highest BCUT2D eigenvalue weighted by atomic mass is 16.1. The average Bonchev–Trinajstić information content (AvgIpc) is 2.58. The molecule has 16 heavy (non-hydrogen) atoms. The number of allylic oxidation sites excluding steroid dienone is 1. The highest BCUT2D eigenvalue weighted by Crippen LogP contribution is 2.47. The van der Waals surface area contributed by atoms with Gasteiger partial charge in [-0.3, -0.25) is 9.69 Å². The Kier molecular flexibility index (Phi) is 3.48. The van der Waals surface area contributed by atoms with Crippen LogP contribution in [0.25, 0.3) is 0 Å². The highest BCUT2D eigenvalue weighted by molar-refractivity contribution is 5.92. The molecule has 0 aromatic rings. The second kappa shape index (κ2) is 4.70. The molecule has 1 aliphatic carbocycles. The summed E-state index contributed by atoms with van der Waals surface area (Å²) in [6.45, 7) is 9.34. The summed E-state index contributed by atoms with van der Waals surface area (Å²) in [5.74, 6) is 1.20. The van der Waals surface area contributed by atoms with Crippen LogP contribution in [0.5, 0.6) is 0 Å². The summed E-state index contributed by atoms with van der Waals surface area (Å²) < 4.78 is 0. The number of rotatable bonds is 5. The predicted octanol–water partition coefficient (Wildman–Crippen LogP) is 2.64. The van der Waals surface area contributed by atoms with E-state index in [-0.39, 0.29) is 5.78 Å². The molecule has 0 aromatic heterocycles. The van der Waals surface area contributed by atoms with Crippen molar-refractivity contribution in [1.82, 2.24) is 4.90 Å². The Morgan fingerprint density at radius 2 is 2.19 bits per heavy atom. The molecule has 2 aliphatic rings. The summed E-state index contributed by atoms with van der Waals surface area (Å²) in [7, 11) is 0. The maximum absolute atomic E-state index is 11.6. The molecule has 2 nitrogen and oxygen atoms in total. The Morgan fingerprint density at radius 1 is 1.50 bits per heavy atom. The van der Waals surface area contributed by atoms with Gasteiger partial charge in [0.1, 0.15) is 0 Å². The molecule has 90 valence electrons. The molecule has 2 fully saturated rings. The third-order valence-electron chi connectivity index (χ3n) is 4.63. The van der Waals surface area contributed by atoms with Crippen molar-refractivity contribution in [2.75, 3.05) is 6.54 Å². The maximum atomic E-state index is 11.6. The molecule has 2 rings (SSSR count). The number of fused-ring (bicyclic) bond motifs is 1. The van der Waals surface area contributed by atoms with Gasteiger partial charge in [-0.2, -0.15) is 0 Å². The van der Waals surface area contributed by atoms with E-state index in [9.17, 15) is 4.79 Å². The Hall–Kier alpha value is -0.630. The van der Waals surface area contributed by atoms with Crippen LogP contribution in [0.3, 0.4) is 0 Å². The second-order valence-electron chi connectivity index (χ2n) is 5.18. The summed E-state index contributed by atoms with van der Waals surface area (Å²) in [5.41, 5.74) is 0. The molecule has 0 radical (unpaired) electrons. The molecule has 1 heterocycles. The maximum Gasteiger partial charge on any atom is 0.158 e. The van der Waals surface area contributed by atoms with Crippen molar-refractivity contribution in [2.24, 2.45) is 11.8 Å². The lowest BCUT2D eigenvalue weighted by molar-refractivity contribution is -0.125. The van der Waals surface area contributed by atoms with Gasteiger partial charge in [-0.05, 0) is 44.2 Å². The smallest absolute Gasteiger partial charge is 0.158 e. The fourth-order valence-electron chi connectivity index (χ4n) is 3.61. The number of carbonyl (C=O) groups is 1. The van der Waals surface area contributed by atoms with Gasteiger partial charge in [0.15, 0.2) is 5.78 Å².